The number of amides is 3. The van der Waals surface area contributed by atoms with E-state index in [2.05, 4.69) is 4.98 Å². The minimum Gasteiger partial charge on any atom is -0.443 e. The molecule has 0 radical (unpaired) electrons. The maximum absolute atomic E-state index is 14.4. The molecule has 0 N–H and O–H groups in total. The van der Waals surface area contributed by atoms with E-state index in [-0.39, 0.29) is 23.4 Å². The van der Waals surface area contributed by atoms with Crippen LogP contribution in [0.3, 0.4) is 0 Å². The van der Waals surface area contributed by atoms with E-state index in [4.69, 9.17) is 9.47 Å². The third-order valence-electron chi connectivity index (χ3n) is 6.16. The molecule has 208 valence electrons. The van der Waals surface area contributed by atoms with Gasteiger partial charge >= 0.3 is 12.2 Å². The average Bonchev–Trinajstić information content (AvgIpc) is 3.58. The fourth-order valence-corrected chi connectivity index (χ4v) is 4.12. The molecular weight excluding hydrogens is 503 g/mol. The van der Waals surface area contributed by atoms with Gasteiger partial charge in [-0.3, -0.25) is 9.20 Å². The van der Waals surface area contributed by atoms with E-state index in [0.29, 0.717) is 27.2 Å². The number of aromatic nitrogens is 2. The first kappa shape index (κ1) is 28.1. The molecular formula is C29H35FN4O5. The Morgan fingerprint density at radius 1 is 0.974 bits per heavy atom. The second-order valence-electron chi connectivity index (χ2n) is 11.8. The fourth-order valence-electron chi connectivity index (χ4n) is 4.12. The predicted molar refractivity (Wildman–Crippen MR) is 145 cm³/mol. The van der Waals surface area contributed by atoms with Crippen molar-refractivity contribution in [3.63, 3.8) is 0 Å². The van der Waals surface area contributed by atoms with E-state index in [9.17, 15) is 18.8 Å². The molecule has 4 rings (SSSR count). The minimum atomic E-state index is -1.02. The van der Waals surface area contributed by atoms with Crippen LogP contribution in [-0.2, 0) is 9.47 Å². The molecule has 9 nitrogen and oxygen atoms in total. The molecule has 2 heterocycles. The summed E-state index contributed by atoms with van der Waals surface area (Å²) in [6, 6.07) is 8.22. The van der Waals surface area contributed by atoms with Gasteiger partial charge in [-0.25, -0.2) is 19.0 Å². The van der Waals surface area contributed by atoms with Crippen molar-refractivity contribution in [2.24, 2.45) is 0 Å². The van der Waals surface area contributed by atoms with Crippen LogP contribution in [0.1, 0.15) is 70.4 Å². The van der Waals surface area contributed by atoms with Crippen molar-refractivity contribution in [2.45, 2.75) is 78.6 Å². The molecule has 1 aliphatic carbocycles. The fraction of sp³-hybridized carbons (Fsp3) is 0.448. The molecule has 0 unspecified atom stereocenters. The van der Waals surface area contributed by atoms with Crippen LogP contribution in [0.5, 0.6) is 0 Å². The van der Waals surface area contributed by atoms with Gasteiger partial charge in [0.05, 0.1) is 0 Å². The smallest absolute Gasteiger partial charge is 0.425 e. The number of ether oxygens (including phenoxy) is 2. The zero-order valence-corrected chi connectivity index (χ0v) is 23.7. The number of nitrogens with zero attached hydrogens (tertiary/aromatic N) is 4. The first-order chi connectivity index (χ1) is 18.1. The summed E-state index contributed by atoms with van der Waals surface area (Å²) < 4.78 is 26.9. The second kappa shape index (κ2) is 9.98. The molecule has 1 saturated carbocycles. The number of hydrogen-bond acceptors (Lipinski definition) is 6. The Morgan fingerprint density at radius 2 is 1.56 bits per heavy atom. The zero-order chi connectivity index (χ0) is 28.9. The number of imide groups is 1. The molecule has 3 aromatic rings. The Morgan fingerprint density at radius 3 is 2.10 bits per heavy atom. The molecule has 1 aromatic carbocycles. The van der Waals surface area contributed by atoms with Gasteiger partial charge in [0.15, 0.2) is 11.5 Å². The molecule has 1 fully saturated rings. The van der Waals surface area contributed by atoms with Gasteiger partial charge in [0, 0.05) is 19.3 Å². The van der Waals surface area contributed by atoms with Crippen LogP contribution in [0.2, 0.25) is 0 Å². The van der Waals surface area contributed by atoms with Gasteiger partial charge in [-0.05, 0) is 96.2 Å². The van der Waals surface area contributed by atoms with Crippen molar-refractivity contribution in [3.05, 3.63) is 53.6 Å². The van der Waals surface area contributed by atoms with E-state index in [1.54, 1.807) is 90.9 Å². The van der Waals surface area contributed by atoms with Crippen molar-refractivity contribution in [1.82, 2.24) is 14.3 Å². The Labute approximate surface area is 227 Å². The molecule has 0 atom stereocenters. The lowest BCUT2D eigenvalue weighted by molar-refractivity contribution is 0.0429. The van der Waals surface area contributed by atoms with Crippen molar-refractivity contribution >= 4 is 29.6 Å². The van der Waals surface area contributed by atoms with E-state index < -0.39 is 29.3 Å². The summed E-state index contributed by atoms with van der Waals surface area (Å²) in [6.45, 7) is 11.7. The molecule has 3 amide bonds. The Balaban J connectivity index is 1.95. The Bertz CT molecular complexity index is 1420. The molecule has 0 spiro atoms. The minimum absolute atomic E-state index is 0.00738. The number of hydrogen-bond donors (Lipinski definition) is 0. The van der Waals surface area contributed by atoms with Crippen LogP contribution in [-0.4, -0.2) is 56.7 Å². The number of imidazole rings is 1. The summed E-state index contributed by atoms with van der Waals surface area (Å²) in [7, 11) is 1.68. The topological polar surface area (TPSA) is 93.5 Å². The number of halogens is 1. The quantitative estimate of drug-likeness (QED) is 0.384. The first-order valence-electron chi connectivity index (χ1n) is 12.9. The Kier molecular flexibility index (Phi) is 7.18. The highest BCUT2D eigenvalue weighted by molar-refractivity contribution is 6.13. The number of carbonyl (C=O) groups excluding carboxylic acids is 3. The molecule has 0 bridgehead atoms. The number of pyridine rings is 1. The number of carbonyl (C=O) groups is 3. The molecule has 10 heteroatoms. The molecule has 0 aliphatic heterocycles. The molecule has 39 heavy (non-hydrogen) atoms. The van der Waals surface area contributed by atoms with Crippen LogP contribution in [0.15, 0.2) is 36.5 Å². The van der Waals surface area contributed by atoms with E-state index >= 15 is 0 Å². The maximum Gasteiger partial charge on any atom is 0.425 e. The SMILES string of the molecule is Cc1c(F)cccc1-c1ccc2nc(N(C(=O)OC(C)(C)C)C(=O)OC(C)(C)C)c(C(=O)N(C)C3CC3)n2c1. The highest BCUT2D eigenvalue weighted by Crippen LogP contribution is 2.33. The third kappa shape index (κ3) is 6.05. The van der Waals surface area contributed by atoms with Crippen LogP contribution in [0.4, 0.5) is 19.8 Å². The normalized spacial score (nSPS) is 13.8. The highest BCUT2D eigenvalue weighted by Gasteiger charge is 2.40. The summed E-state index contributed by atoms with van der Waals surface area (Å²) in [4.78, 5) is 47.5. The monoisotopic (exact) mass is 538 g/mol. The summed E-state index contributed by atoms with van der Waals surface area (Å²) in [5.41, 5.74) is 0.148. The molecule has 2 aromatic heterocycles. The van der Waals surface area contributed by atoms with E-state index in [0.717, 1.165) is 12.8 Å². The second-order valence-corrected chi connectivity index (χ2v) is 11.8. The third-order valence-corrected chi connectivity index (χ3v) is 6.16. The standard InChI is InChI=1S/C29H35FN4O5/c1-17-20(10-9-11-21(17)30)18-12-15-22-31-24(23(33(22)16-18)25(35)32(8)19-13-14-19)34(26(36)38-28(2,3)4)27(37)39-29(5,6)7/h9-12,15-16,19H,13-14H2,1-8H3. The summed E-state index contributed by atoms with van der Waals surface area (Å²) >= 11 is 0. The number of benzene rings is 1. The average molecular weight is 539 g/mol. The number of anilines is 1. The Hall–Kier alpha value is -3.95. The van der Waals surface area contributed by atoms with E-state index in [1.165, 1.54) is 10.5 Å². The lowest BCUT2D eigenvalue weighted by Crippen LogP contribution is -2.45. The number of rotatable bonds is 4. The van der Waals surface area contributed by atoms with Crippen LogP contribution >= 0.6 is 0 Å². The van der Waals surface area contributed by atoms with Crippen molar-refractivity contribution in [1.29, 1.82) is 0 Å². The van der Waals surface area contributed by atoms with Gasteiger partial charge in [0.1, 0.15) is 22.7 Å². The van der Waals surface area contributed by atoms with Gasteiger partial charge in [0.25, 0.3) is 5.91 Å². The van der Waals surface area contributed by atoms with Crippen LogP contribution in [0, 0.1) is 12.7 Å². The summed E-state index contributed by atoms with van der Waals surface area (Å²) in [6.07, 6.45) is 1.31. The molecule has 0 saturated heterocycles. The first-order valence-corrected chi connectivity index (χ1v) is 12.9. The van der Waals surface area contributed by atoms with Crippen molar-refractivity contribution < 1.29 is 28.2 Å². The zero-order valence-electron chi connectivity index (χ0n) is 23.7. The highest BCUT2D eigenvalue weighted by atomic mass is 19.1. The van der Waals surface area contributed by atoms with Crippen LogP contribution < -0.4 is 4.90 Å². The lowest BCUT2D eigenvalue weighted by atomic mass is 10.0. The van der Waals surface area contributed by atoms with Gasteiger partial charge in [-0.15, -0.1) is 0 Å². The number of fused-ring (bicyclic) bond motifs is 1. The van der Waals surface area contributed by atoms with Crippen molar-refractivity contribution in [2.75, 3.05) is 11.9 Å². The van der Waals surface area contributed by atoms with Crippen LogP contribution in [0.25, 0.3) is 16.8 Å². The summed E-state index contributed by atoms with van der Waals surface area (Å²) in [5, 5.41) is 0. The van der Waals surface area contributed by atoms with Gasteiger partial charge in [-0.2, -0.15) is 4.90 Å². The lowest BCUT2D eigenvalue weighted by Gasteiger charge is -2.28. The van der Waals surface area contributed by atoms with E-state index in [1.807, 2.05) is 0 Å². The largest absolute Gasteiger partial charge is 0.443 e. The van der Waals surface area contributed by atoms with Crippen molar-refractivity contribution in [3.8, 4) is 11.1 Å². The van der Waals surface area contributed by atoms with Gasteiger partial charge < -0.3 is 14.4 Å². The maximum atomic E-state index is 14.4. The summed E-state index contributed by atoms with van der Waals surface area (Å²) in [5.74, 6) is -0.987. The predicted octanol–water partition coefficient (Wildman–Crippen LogP) is 6.36. The van der Waals surface area contributed by atoms with Gasteiger partial charge in [0.2, 0.25) is 0 Å². The van der Waals surface area contributed by atoms with Gasteiger partial charge in [-0.1, -0.05) is 12.1 Å². The molecule has 1 aliphatic rings.